The molecule has 2 nitrogen and oxygen atoms in total. The van der Waals surface area contributed by atoms with Crippen molar-refractivity contribution in [3.63, 3.8) is 0 Å². The lowest BCUT2D eigenvalue weighted by molar-refractivity contribution is 0.227. The fraction of sp³-hybridized carbons (Fsp3) is 0.765. The van der Waals surface area contributed by atoms with Crippen LogP contribution in [0.2, 0.25) is 0 Å². The van der Waals surface area contributed by atoms with Crippen molar-refractivity contribution in [2.24, 2.45) is 5.92 Å². The molecule has 0 bridgehead atoms. The van der Waals surface area contributed by atoms with Gasteiger partial charge in [0, 0.05) is 29.5 Å². The van der Waals surface area contributed by atoms with Gasteiger partial charge in [0.1, 0.15) is 0 Å². The molecule has 0 aromatic carbocycles. The summed E-state index contributed by atoms with van der Waals surface area (Å²) in [5, 5.41) is 6.12. The molecule has 3 heteroatoms. The molecule has 2 aliphatic carbocycles. The molecule has 0 radical (unpaired) electrons. The van der Waals surface area contributed by atoms with E-state index in [0.717, 1.165) is 18.5 Å². The number of thiophene rings is 1. The molecule has 2 fully saturated rings. The topological polar surface area (TPSA) is 15.3 Å². The van der Waals surface area contributed by atoms with Gasteiger partial charge < -0.3 is 5.32 Å². The van der Waals surface area contributed by atoms with Gasteiger partial charge in [0.2, 0.25) is 0 Å². The van der Waals surface area contributed by atoms with Crippen molar-refractivity contribution in [2.75, 3.05) is 13.6 Å². The van der Waals surface area contributed by atoms with E-state index >= 15 is 0 Å². The lowest BCUT2D eigenvalue weighted by atomic mass is 9.96. The molecule has 2 aliphatic rings. The number of nitrogens with one attached hydrogen (secondary N) is 1. The van der Waals surface area contributed by atoms with Crippen molar-refractivity contribution in [2.45, 2.75) is 63.6 Å². The predicted molar refractivity (Wildman–Crippen MR) is 87.3 cm³/mol. The first-order valence-electron chi connectivity index (χ1n) is 8.24. The summed E-state index contributed by atoms with van der Waals surface area (Å²) < 4.78 is 0. The first kappa shape index (κ1) is 14.6. The van der Waals surface area contributed by atoms with Crippen LogP contribution in [0.4, 0.5) is 0 Å². The Hall–Kier alpha value is -0.380. The van der Waals surface area contributed by atoms with Gasteiger partial charge in [-0.15, -0.1) is 11.3 Å². The van der Waals surface area contributed by atoms with E-state index in [9.17, 15) is 0 Å². The predicted octanol–water partition coefficient (Wildman–Crippen LogP) is 4.05. The second-order valence-electron chi connectivity index (χ2n) is 6.69. The Morgan fingerprint density at radius 2 is 2.05 bits per heavy atom. The molecule has 0 spiro atoms. The molecule has 3 rings (SSSR count). The summed E-state index contributed by atoms with van der Waals surface area (Å²) in [6.07, 6.45) is 8.46. The quantitative estimate of drug-likeness (QED) is 0.815. The third-order valence-electron chi connectivity index (χ3n) is 5.17. The minimum atomic E-state index is 0.590. The monoisotopic (exact) mass is 292 g/mol. The van der Waals surface area contributed by atoms with Crippen LogP contribution in [0.5, 0.6) is 0 Å². The first-order chi connectivity index (χ1) is 9.75. The van der Waals surface area contributed by atoms with Crippen LogP contribution in [0.15, 0.2) is 17.5 Å². The summed E-state index contributed by atoms with van der Waals surface area (Å²) in [5.41, 5.74) is 0. The molecular formula is C17H28N2S. The summed E-state index contributed by atoms with van der Waals surface area (Å²) in [4.78, 5) is 4.10. The second kappa shape index (κ2) is 6.59. The molecule has 0 saturated heterocycles. The van der Waals surface area contributed by atoms with Gasteiger partial charge in [0.15, 0.2) is 0 Å². The summed E-state index contributed by atoms with van der Waals surface area (Å²) in [6, 6.07) is 6.61. The molecule has 2 saturated carbocycles. The minimum Gasteiger partial charge on any atom is -0.307 e. The largest absolute Gasteiger partial charge is 0.307 e. The zero-order valence-electron chi connectivity index (χ0n) is 12.8. The molecule has 1 aromatic rings. The zero-order chi connectivity index (χ0) is 13.9. The minimum absolute atomic E-state index is 0.590. The first-order valence-corrected chi connectivity index (χ1v) is 9.12. The van der Waals surface area contributed by atoms with Crippen LogP contribution < -0.4 is 5.32 Å². The van der Waals surface area contributed by atoms with Crippen molar-refractivity contribution in [3.05, 3.63) is 22.4 Å². The van der Waals surface area contributed by atoms with Crippen LogP contribution in [0, 0.1) is 5.92 Å². The van der Waals surface area contributed by atoms with Crippen molar-refractivity contribution in [1.29, 1.82) is 0 Å². The highest BCUT2D eigenvalue weighted by molar-refractivity contribution is 7.10. The van der Waals surface area contributed by atoms with Gasteiger partial charge in [-0.1, -0.05) is 18.9 Å². The van der Waals surface area contributed by atoms with Gasteiger partial charge in [0.05, 0.1) is 0 Å². The molecule has 1 heterocycles. The van der Waals surface area contributed by atoms with Crippen molar-refractivity contribution < 1.29 is 0 Å². The summed E-state index contributed by atoms with van der Waals surface area (Å²) >= 11 is 1.92. The molecule has 2 atom stereocenters. The van der Waals surface area contributed by atoms with E-state index in [1.807, 2.05) is 11.3 Å². The van der Waals surface area contributed by atoms with Crippen LogP contribution in [0.3, 0.4) is 0 Å². The van der Waals surface area contributed by atoms with E-state index in [1.54, 1.807) is 0 Å². The summed E-state index contributed by atoms with van der Waals surface area (Å²) in [6.45, 7) is 3.48. The normalized spacial score (nSPS) is 23.4. The highest BCUT2D eigenvalue weighted by Gasteiger charge is 2.31. The van der Waals surface area contributed by atoms with Gasteiger partial charge in [-0.05, 0) is 57.0 Å². The number of nitrogens with zero attached hydrogens (tertiary/aromatic N) is 1. The van der Waals surface area contributed by atoms with Gasteiger partial charge in [-0.2, -0.15) is 0 Å². The summed E-state index contributed by atoms with van der Waals surface area (Å²) in [5.74, 6) is 0.854. The highest BCUT2D eigenvalue weighted by atomic mass is 32.1. The van der Waals surface area contributed by atoms with Gasteiger partial charge in [-0.3, -0.25) is 4.90 Å². The van der Waals surface area contributed by atoms with E-state index in [-0.39, 0.29) is 0 Å². The Morgan fingerprint density at radius 1 is 1.30 bits per heavy atom. The lowest BCUT2D eigenvalue weighted by Gasteiger charge is -2.29. The molecule has 1 aromatic heterocycles. The fourth-order valence-corrected chi connectivity index (χ4v) is 4.44. The third kappa shape index (κ3) is 3.44. The van der Waals surface area contributed by atoms with E-state index in [2.05, 4.69) is 41.7 Å². The molecule has 0 aliphatic heterocycles. The van der Waals surface area contributed by atoms with E-state index in [0.29, 0.717) is 12.1 Å². The van der Waals surface area contributed by atoms with E-state index < -0.39 is 0 Å². The summed E-state index contributed by atoms with van der Waals surface area (Å²) in [7, 11) is 2.29. The van der Waals surface area contributed by atoms with E-state index in [4.69, 9.17) is 0 Å². The average molecular weight is 292 g/mol. The van der Waals surface area contributed by atoms with Crippen LogP contribution in [-0.4, -0.2) is 30.6 Å². The highest BCUT2D eigenvalue weighted by Crippen LogP contribution is 2.37. The fourth-order valence-electron chi connectivity index (χ4n) is 3.54. The number of hydrogen-bond donors (Lipinski definition) is 1. The number of rotatable bonds is 7. The van der Waals surface area contributed by atoms with Crippen LogP contribution in [0.25, 0.3) is 0 Å². The Bertz CT molecular complexity index is 393. The van der Waals surface area contributed by atoms with Gasteiger partial charge in [0.25, 0.3) is 0 Å². The second-order valence-corrected chi connectivity index (χ2v) is 7.67. The molecular weight excluding hydrogens is 264 g/mol. The zero-order valence-corrected chi connectivity index (χ0v) is 13.7. The van der Waals surface area contributed by atoms with Crippen LogP contribution in [-0.2, 0) is 0 Å². The number of likely N-dealkylation sites (N-methyl/N-ethyl adjacent to an activating group) is 1. The average Bonchev–Trinajstić information content (AvgIpc) is 2.94. The van der Waals surface area contributed by atoms with Crippen LogP contribution >= 0.6 is 11.3 Å². The lowest BCUT2D eigenvalue weighted by Crippen LogP contribution is -2.41. The number of hydrogen-bond acceptors (Lipinski definition) is 3. The van der Waals surface area contributed by atoms with Gasteiger partial charge in [-0.25, -0.2) is 0 Å². The molecule has 20 heavy (non-hydrogen) atoms. The Balaban J connectivity index is 1.58. The SMILES string of the molecule is CC(CNC(c1cccs1)C1CCCC1)N(C)C1CC1. The van der Waals surface area contributed by atoms with Crippen LogP contribution in [0.1, 0.15) is 56.4 Å². The maximum absolute atomic E-state index is 3.90. The molecule has 0 amide bonds. The third-order valence-corrected chi connectivity index (χ3v) is 6.13. The Morgan fingerprint density at radius 3 is 2.65 bits per heavy atom. The molecule has 1 N–H and O–H groups in total. The van der Waals surface area contributed by atoms with Gasteiger partial charge >= 0.3 is 0 Å². The maximum Gasteiger partial charge on any atom is 0.0443 e. The molecule has 112 valence electrons. The maximum atomic E-state index is 3.90. The Labute approximate surface area is 127 Å². The standard InChI is InChI=1S/C17H28N2S/c1-13(19(2)15-9-10-15)12-18-17(14-6-3-4-7-14)16-8-5-11-20-16/h5,8,11,13-15,17-18H,3-4,6-7,9-10,12H2,1-2H3. The smallest absolute Gasteiger partial charge is 0.0443 e. The van der Waals surface area contributed by atoms with Crippen molar-refractivity contribution in [1.82, 2.24) is 10.2 Å². The molecule has 2 unspecified atom stereocenters. The van der Waals surface area contributed by atoms with Crippen molar-refractivity contribution in [3.8, 4) is 0 Å². The van der Waals surface area contributed by atoms with E-state index in [1.165, 1.54) is 43.4 Å². The van der Waals surface area contributed by atoms with Crippen molar-refractivity contribution >= 4 is 11.3 Å². The Kier molecular flexibility index (Phi) is 4.79.